The van der Waals surface area contributed by atoms with Gasteiger partial charge in [-0.2, -0.15) is 5.26 Å². The summed E-state index contributed by atoms with van der Waals surface area (Å²) in [5, 5.41) is 8.74. The maximum absolute atomic E-state index is 8.74. The van der Waals surface area contributed by atoms with Crippen molar-refractivity contribution in [3.63, 3.8) is 0 Å². The quantitative estimate of drug-likeness (QED) is 0.132. The molecule has 0 amide bonds. The Morgan fingerprint density at radius 3 is 2.25 bits per heavy atom. The van der Waals surface area contributed by atoms with Gasteiger partial charge in [0.1, 0.15) is 0 Å². The summed E-state index contributed by atoms with van der Waals surface area (Å²) in [7, 11) is 0. The first-order valence-electron chi connectivity index (χ1n) is 11.6. The maximum atomic E-state index is 8.74. The Hall–Kier alpha value is -1.54. The first-order valence-corrected chi connectivity index (χ1v) is 11.6. The minimum Gasteiger partial charge on any atom is -0.314 e. The van der Waals surface area contributed by atoms with E-state index in [4.69, 9.17) is 11.8 Å². The highest BCUT2D eigenvalue weighted by atomic mass is 14.7. The summed E-state index contributed by atoms with van der Waals surface area (Å²) >= 11 is 0. The van der Waals surface area contributed by atoms with Gasteiger partial charge in [0, 0.05) is 19.3 Å². The van der Waals surface area contributed by atoms with Crippen LogP contribution in [0.3, 0.4) is 0 Å². The molecular weight excluding hydrogens is 340 g/mol. The monoisotopic (exact) mass is 384 g/mol. The van der Waals surface area contributed by atoms with Crippen LogP contribution >= 0.6 is 0 Å². The molecule has 158 valence electrons. The molecule has 0 radical (unpaired) electrons. The van der Waals surface area contributed by atoms with Crippen molar-refractivity contribution in [2.75, 3.05) is 0 Å². The molecule has 4 atom stereocenters. The van der Waals surface area contributed by atoms with Crippen LogP contribution in [0.5, 0.6) is 0 Å². The molecule has 28 heavy (non-hydrogen) atoms. The van der Waals surface area contributed by atoms with Crippen LogP contribution in [0.4, 0.5) is 0 Å². The van der Waals surface area contributed by atoms with E-state index in [0.29, 0.717) is 24.2 Å². The van der Waals surface area contributed by atoms with E-state index >= 15 is 0 Å². The Bertz CT molecular complexity index is 480. The van der Waals surface area contributed by atoms with Gasteiger partial charge in [-0.05, 0) is 69.6 Å². The van der Waals surface area contributed by atoms with Gasteiger partial charge in [0.25, 0.3) is 0 Å². The smallest absolute Gasteiger partial charge is 0.223 e. The fourth-order valence-electron chi connectivity index (χ4n) is 3.74. The van der Waals surface area contributed by atoms with Gasteiger partial charge >= 0.3 is 0 Å². The average molecular weight is 385 g/mol. The van der Waals surface area contributed by atoms with Crippen LogP contribution in [0.2, 0.25) is 0 Å². The number of allylic oxidation sites excluding steroid dienone is 3. The molecule has 0 bridgehead atoms. The summed E-state index contributed by atoms with van der Waals surface area (Å²) < 4.78 is 0. The van der Waals surface area contributed by atoms with Crippen LogP contribution in [-0.4, -0.2) is 6.04 Å². The highest BCUT2D eigenvalue weighted by molar-refractivity contribution is 4.87. The summed E-state index contributed by atoms with van der Waals surface area (Å²) in [5.74, 6) is 1.63. The summed E-state index contributed by atoms with van der Waals surface area (Å²) in [6, 6.07) is 2.34. The molecule has 0 saturated carbocycles. The zero-order valence-corrected chi connectivity index (χ0v) is 18.8. The predicted octanol–water partition coefficient (Wildman–Crippen LogP) is 8.52. The van der Waals surface area contributed by atoms with Crippen molar-refractivity contribution in [1.29, 1.82) is 5.26 Å². The molecule has 0 aromatic heterocycles. The number of unbranched alkanes of at least 4 members (excludes halogenated alkanes) is 4. The summed E-state index contributed by atoms with van der Waals surface area (Å²) in [6.07, 6.45) is 21.8. The third kappa shape index (κ3) is 14.5. The van der Waals surface area contributed by atoms with Crippen molar-refractivity contribution in [3.8, 4) is 6.07 Å². The lowest BCUT2D eigenvalue weighted by Gasteiger charge is -2.20. The van der Waals surface area contributed by atoms with E-state index in [-0.39, 0.29) is 6.04 Å². The Labute approximate surface area is 175 Å². The van der Waals surface area contributed by atoms with Gasteiger partial charge in [0.15, 0.2) is 0 Å². The SMILES string of the molecule is [C-]#[N+]C(C)C(CCC(C)CCC#N)CCC(C=C)CCCC=CCCCCC. The molecule has 0 rings (SSSR count). The zero-order chi connectivity index (χ0) is 21.0. The van der Waals surface area contributed by atoms with Gasteiger partial charge in [-0.3, -0.25) is 0 Å². The molecular formula is C26H44N2. The minimum absolute atomic E-state index is 0.0969. The molecule has 0 fully saturated rings. The van der Waals surface area contributed by atoms with Crippen molar-refractivity contribution < 1.29 is 0 Å². The zero-order valence-electron chi connectivity index (χ0n) is 18.8. The molecule has 0 aliphatic rings. The molecule has 0 aromatic carbocycles. The lowest BCUT2D eigenvalue weighted by atomic mass is 9.84. The van der Waals surface area contributed by atoms with Crippen molar-refractivity contribution in [2.24, 2.45) is 17.8 Å². The summed E-state index contributed by atoms with van der Waals surface area (Å²) in [4.78, 5) is 3.81. The normalized spacial score (nSPS) is 15.5. The molecule has 0 N–H and O–H groups in total. The second kappa shape index (κ2) is 18.8. The predicted molar refractivity (Wildman–Crippen MR) is 123 cm³/mol. The van der Waals surface area contributed by atoms with E-state index in [0.717, 1.165) is 32.1 Å². The number of nitrogens with zero attached hydrogens (tertiary/aromatic N) is 2. The first kappa shape index (κ1) is 26.5. The highest BCUT2D eigenvalue weighted by Crippen LogP contribution is 2.28. The van der Waals surface area contributed by atoms with Gasteiger partial charge in [-0.1, -0.05) is 51.3 Å². The van der Waals surface area contributed by atoms with E-state index < -0.39 is 0 Å². The first-order chi connectivity index (χ1) is 13.6. The van der Waals surface area contributed by atoms with Crippen molar-refractivity contribution >= 4 is 0 Å². The van der Waals surface area contributed by atoms with Crippen molar-refractivity contribution in [1.82, 2.24) is 0 Å². The standard InChI is InChI=1S/C26H44N2/c1-6-8-9-10-11-12-13-14-17-25(7-2)19-21-26(24(4)28-5)20-18-23(3)16-15-22-27/h7,11-12,23-26H,2,6,8-10,13-21H2,1,3-4H3. The lowest BCUT2D eigenvalue weighted by Crippen LogP contribution is -2.16. The Kier molecular flexibility index (Phi) is 17.8. The molecule has 0 spiro atoms. The van der Waals surface area contributed by atoms with Crippen LogP contribution < -0.4 is 0 Å². The fraction of sp³-hybridized carbons (Fsp3) is 0.769. The third-order valence-electron chi connectivity index (χ3n) is 5.99. The second-order valence-corrected chi connectivity index (χ2v) is 8.48. The van der Waals surface area contributed by atoms with Gasteiger partial charge in [-0.15, -0.1) is 6.58 Å². The van der Waals surface area contributed by atoms with Crippen LogP contribution in [0, 0.1) is 35.7 Å². The molecule has 0 aliphatic heterocycles. The Balaban J connectivity index is 4.21. The number of hydrogen-bond donors (Lipinski definition) is 0. The molecule has 4 unspecified atom stereocenters. The molecule has 2 nitrogen and oxygen atoms in total. The largest absolute Gasteiger partial charge is 0.314 e. The summed E-state index contributed by atoms with van der Waals surface area (Å²) in [5.41, 5.74) is 0. The fourth-order valence-corrected chi connectivity index (χ4v) is 3.74. The number of rotatable bonds is 18. The number of hydrogen-bond acceptors (Lipinski definition) is 1. The van der Waals surface area contributed by atoms with E-state index in [1.54, 1.807) is 0 Å². The topological polar surface area (TPSA) is 28.1 Å². The van der Waals surface area contributed by atoms with Crippen LogP contribution in [0.25, 0.3) is 4.85 Å². The van der Waals surface area contributed by atoms with Gasteiger partial charge < -0.3 is 4.85 Å². The van der Waals surface area contributed by atoms with Crippen LogP contribution in [0.1, 0.15) is 104 Å². The van der Waals surface area contributed by atoms with E-state index in [9.17, 15) is 0 Å². The number of nitriles is 1. The Morgan fingerprint density at radius 1 is 0.964 bits per heavy atom. The van der Waals surface area contributed by atoms with Crippen LogP contribution in [0.15, 0.2) is 24.8 Å². The van der Waals surface area contributed by atoms with E-state index in [1.807, 2.05) is 0 Å². The Morgan fingerprint density at radius 2 is 1.64 bits per heavy atom. The lowest BCUT2D eigenvalue weighted by molar-refractivity contribution is 0.335. The maximum Gasteiger partial charge on any atom is 0.223 e. The van der Waals surface area contributed by atoms with Crippen molar-refractivity contribution in [2.45, 2.75) is 110 Å². The van der Waals surface area contributed by atoms with E-state index in [2.05, 4.69) is 56.5 Å². The molecule has 0 aliphatic carbocycles. The molecule has 0 saturated heterocycles. The van der Waals surface area contributed by atoms with Gasteiger partial charge in [0.2, 0.25) is 6.04 Å². The minimum atomic E-state index is 0.0969. The highest BCUT2D eigenvalue weighted by Gasteiger charge is 2.22. The van der Waals surface area contributed by atoms with Crippen molar-refractivity contribution in [3.05, 3.63) is 36.2 Å². The average Bonchev–Trinajstić information content (AvgIpc) is 2.71. The van der Waals surface area contributed by atoms with Crippen LogP contribution in [-0.2, 0) is 0 Å². The molecule has 0 aromatic rings. The third-order valence-corrected chi connectivity index (χ3v) is 5.99. The second-order valence-electron chi connectivity index (χ2n) is 8.48. The van der Waals surface area contributed by atoms with Gasteiger partial charge in [-0.25, -0.2) is 6.57 Å². The summed E-state index contributed by atoms with van der Waals surface area (Å²) in [6.45, 7) is 18.0. The molecule has 2 heteroatoms. The molecule has 0 heterocycles. The van der Waals surface area contributed by atoms with Gasteiger partial charge in [0.05, 0.1) is 6.07 Å². The van der Waals surface area contributed by atoms with E-state index in [1.165, 1.54) is 44.9 Å².